The smallest absolute Gasteiger partial charge is 0.407 e. The largest absolute Gasteiger partial charge is 0.494 e. The van der Waals surface area contributed by atoms with Crippen LogP contribution in [0.25, 0.3) is 0 Å². The van der Waals surface area contributed by atoms with Crippen LogP contribution < -0.4 is 5.32 Å². The van der Waals surface area contributed by atoms with Crippen molar-refractivity contribution in [3.8, 4) is 11.8 Å². The van der Waals surface area contributed by atoms with Gasteiger partial charge in [-0.2, -0.15) is 0 Å². The molecule has 8 nitrogen and oxygen atoms in total. The fourth-order valence-corrected chi connectivity index (χ4v) is 1.83. The van der Waals surface area contributed by atoms with Crippen molar-refractivity contribution in [1.82, 2.24) is 9.88 Å². The summed E-state index contributed by atoms with van der Waals surface area (Å²) in [6.45, 7) is -0.376. The molecule has 122 valence electrons. The molecule has 0 radical (unpaired) electrons. The second-order valence-corrected chi connectivity index (χ2v) is 4.68. The fraction of sp³-hybridized carbons (Fsp3) is 0.200. The van der Waals surface area contributed by atoms with Crippen molar-refractivity contribution in [3.63, 3.8) is 0 Å². The molecule has 0 fully saturated rings. The highest BCUT2D eigenvalue weighted by Crippen LogP contribution is 2.21. The predicted octanol–water partition coefficient (Wildman–Crippen LogP) is 0.827. The Morgan fingerprint density at radius 1 is 1.09 bits per heavy atom. The Balaban J connectivity index is 1.81. The summed E-state index contributed by atoms with van der Waals surface area (Å²) in [6.07, 6.45) is -2.45. The highest BCUT2D eigenvalue weighted by Gasteiger charge is 2.22. The SMILES string of the molecule is O=C(NC[C@H](O)C(=O)n1c(O)ccc1O)OCc1ccccc1. The number of carbonyl (C=O) groups excluding carboxylic acids is 2. The zero-order chi connectivity index (χ0) is 16.8. The zero-order valence-corrected chi connectivity index (χ0v) is 12.0. The summed E-state index contributed by atoms with van der Waals surface area (Å²) in [4.78, 5) is 23.3. The van der Waals surface area contributed by atoms with Gasteiger partial charge in [-0.05, 0) is 5.56 Å². The number of rotatable bonds is 5. The quantitative estimate of drug-likeness (QED) is 0.647. The molecule has 1 atom stereocenters. The molecular weight excluding hydrogens is 304 g/mol. The summed E-state index contributed by atoms with van der Waals surface area (Å²) < 4.78 is 5.45. The van der Waals surface area contributed by atoms with Crippen LogP contribution in [0, 0.1) is 0 Å². The van der Waals surface area contributed by atoms with E-state index in [1.807, 2.05) is 6.07 Å². The van der Waals surface area contributed by atoms with Crippen molar-refractivity contribution in [3.05, 3.63) is 48.0 Å². The van der Waals surface area contributed by atoms with E-state index in [1.165, 1.54) is 0 Å². The first-order chi connectivity index (χ1) is 11.0. The number of aromatic hydroxyl groups is 2. The molecular formula is C15H16N2O6. The lowest BCUT2D eigenvalue weighted by atomic mass is 10.2. The number of aromatic nitrogens is 1. The number of alkyl carbamates (subject to hydrolysis) is 1. The number of hydrogen-bond acceptors (Lipinski definition) is 6. The summed E-state index contributed by atoms with van der Waals surface area (Å²) in [5, 5.41) is 30.7. The molecule has 1 heterocycles. The van der Waals surface area contributed by atoms with Crippen LogP contribution >= 0.6 is 0 Å². The first-order valence-electron chi connectivity index (χ1n) is 6.75. The van der Waals surface area contributed by atoms with E-state index in [4.69, 9.17) is 4.74 Å². The number of amides is 1. The van der Waals surface area contributed by atoms with E-state index in [-0.39, 0.29) is 6.61 Å². The molecule has 0 aliphatic carbocycles. The minimum absolute atomic E-state index is 0.0515. The number of ether oxygens (including phenoxy) is 1. The predicted molar refractivity (Wildman–Crippen MR) is 79.0 cm³/mol. The summed E-state index contributed by atoms with van der Waals surface area (Å²) in [6, 6.07) is 11.2. The summed E-state index contributed by atoms with van der Waals surface area (Å²) >= 11 is 0. The molecule has 0 unspecified atom stereocenters. The second-order valence-electron chi connectivity index (χ2n) is 4.68. The number of aliphatic hydroxyl groups is 1. The average Bonchev–Trinajstić information content (AvgIpc) is 2.89. The lowest BCUT2D eigenvalue weighted by Gasteiger charge is -2.13. The second kappa shape index (κ2) is 7.32. The average molecular weight is 320 g/mol. The van der Waals surface area contributed by atoms with Crippen molar-refractivity contribution in [1.29, 1.82) is 0 Å². The van der Waals surface area contributed by atoms with Crippen LogP contribution in [0.15, 0.2) is 42.5 Å². The Morgan fingerprint density at radius 2 is 1.70 bits per heavy atom. The van der Waals surface area contributed by atoms with Crippen LogP contribution in [-0.2, 0) is 11.3 Å². The van der Waals surface area contributed by atoms with Crippen LogP contribution in [0.4, 0.5) is 4.79 Å². The molecule has 4 N–H and O–H groups in total. The summed E-state index contributed by atoms with van der Waals surface area (Å²) in [5.41, 5.74) is 0.793. The molecule has 1 aromatic heterocycles. The molecule has 0 saturated heterocycles. The minimum atomic E-state index is -1.65. The Kier molecular flexibility index (Phi) is 5.21. The van der Waals surface area contributed by atoms with Gasteiger partial charge in [0.25, 0.3) is 5.91 Å². The highest BCUT2D eigenvalue weighted by atomic mass is 16.5. The van der Waals surface area contributed by atoms with Crippen LogP contribution in [0.5, 0.6) is 11.8 Å². The van der Waals surface area contributed by atoms with Crippen LogP contribution in [-0.4, -0.2) is 44.5 Å². The monoisotopic (exact) mass is 320 g/mol. The van der Waals surface area contributed by atoms with E-state index in [1.54, 1.807) is 24.3 Å². The lowest BCUT2D eigenvalue weighted by molar-refractivity contribution is 0.0628. The molecule has 0 bridgehead atoms. The third-order valence-corrected chi connectivity index (χ3v) is 3.00. The zero-order valence-electron chi connectivity index (χ0n) is 12.0. The molecule has 2 rings (SSSR count). The van der Waals surface area contributed by atoms with Gasteiger partial charge in [0, 0.05) is 12.1 Å². The Hall–Kier alpha value is -3.00. The minimum Gasteiger partial charge on any atom is -0.494 e. The van der Waals surface area contributed by atoms with Gasteiger partial charge in [0.2, 0.25) is 11.8 Å². The van der Waals surface area contributed by atoms with Gasteiger partial charge >= 0.3 is 6.09 Å². The van der Waals surface area contributed by atoms with E-state index in [0.717, 1.165) is 17.7 Å². The molecule has 0 aliphatic rings. The topological polar surface area (TPSA) is 121 Å². The molecule has 1 aromatic carbocycles. The van der Waals surface area contributed by atoms with E-state index >= 15 is 0 Å². The third kappa shape index (κ3) is 4.24. The van der Waals surface area contributed by atoms with E-state index in [9.17, 15) is 24.9 Å². The van der Waals surface area contributed by atoms with Crippen LogP contribution in [0.3, 0.4) is 0 Å². The maximum Gasteiger partial charge on any atom is 0.407 e. The third-order valence-electron chi connectivity index (χ3n) is 3.00. The van der Waals surface area contributed by atoms with Gasteiger partial charge in [0.15, 0.2) is 6.10 Å². The van der Waals surface area contributed by atoms with Gasteiger partial charge in [-0.15, -0.1) is 0 Å². The molecule has 2 aromatic rings. The van der Waals surface area contributed by atoms with Gasteiger partial charge in [-0.1, -0.05) is 30.3 Å². The number of nitrogens with zero attached hydrogens (tertiary/aromatic N) is 1. The number of nitrogens with one attached hydrogen (secondary N) is 1. The van der Waals surface area contributed by atoms with Crippen LogP contribution in [0.1, 0.15) is 10.4 Å². The van der Waals surface area contributed by atoms with Gasteiger partial charge in [-0.3, -0.25) is 4.79 Å². The van der Waals surface area contributed by atoms with E-state index in [2.05, 4.69) is 5.32 Å². The fourth-order valence-electron chi connectivity index (χ4n) is 1.83. The first kappa shape index (κ1) is 16.4. The Labute approximate surface area is 131 Å². The molecule has 23 heavy (non-hydrogen) atoms. The van der Waals surface area contributed by atoms with Crippen molar-refractivity contribution < 1.29 is 29.6 Å². The Morgan fingerprint density at radius 3 is 2.30 bits per heavy atom. The molecule has 0 aliphatic heterocycles. The number of aliphatic hydroxyl groups excluding tert-OH is 1. The van der Waals surface area contributed by atoms with Crippen molar-refractivity contribution in [2.75, 3.05) is 6.54 Å². The van der Waals surface area contributed by atoms with Gasteiger partial charge in [0.05, 0.1) is 6.54 Å². The Bertz CT molecular complexity index is 663. The molecule has 0 saturated carbocycles. The lowest BCUT2D eigenvalue weighted by Crippen LogP contribution is -2.38. The first-order valence-corrected chi connectivity index (χ1v) is 6.75. The number of carbonyl (C=O) groups is 2. The maximum atomic E-state index is 11.8. The molecule has 1 amide bonds. The summed E-state index contributed by atoms with van der Waals surface area (Å²) in [7, 11) is 0. The standard InChI is InChI=1S/C15H16N2O6/c18-11(14(21)17-12(19)6-7-13(17)20)8-16-15(22)23-9-10-4-2-1-3-5-10/h1-7,11,18-20H,8-9H2,(H,16,22)/t11-/m0/s1. The normalized spacial score (nSPS) is 11.7. The van der Waals surface area contributed by atoms with Gasteiger partial charge in [0.1, 0.15) is 6.61 Å². The van der Waals surface area contributed by atoms with E-state index in [0.29, 0.717) is 4.57 Å². The highest BCUT2D eigenvalue weighted by molar-refractivity contribution is 5.86. The molecule has 8 heteroatoms. The van der Waals surface area contributed by atoms with Crippen molar-refractivity contribution >= 4 is 12.0 Å². The van der Waals surface area contributed by atoms with Gasteiger partial charge < -0.3 is 25.4 Å². The van der Waals surface area contributed by atoms with Gasteiger partial charge in [-0.25, -0.2) is 9.36 Å². The van der Waals surface area contributed by atoms with Crippen molar-refractivity contribution in [2.24, 2.45) is 0 Å². The maximum absolute atomic E-state index is 11.8. The van der Waals surface area contributed by atoms with E-state index < -0.39 is 36.4 Å². The number of benzene rings is 1. The van der Waals surface area contributed by atoms with Crippen molar-refractivity contribution in [2.45, 2.75) is 12.7 Å². The summed E-state index contributed by atoms with van der Waals surface area (Å²) in [5.74, 6) is -2.01. The number of hydrogen-bond donors (Lipinski definition) is 4. The van der Waals surface area contributed by atoms with Crippen LogP contribution in [0.2, 0.25) is 0 Å². The molecule has 0 spiro atoms.